The third-order valence-corrected chi connectivity index (χ3v) is 10.9. The van der Waals surface area contributed by atoms with Crippen molar-refractivity contribution in [2.45, 2.75) is 6.92 Å². The van der Waals surface area contributed by atoms with Crippen molar-refractivity contribution in [1.29, 1.82) is 0 Å². The highest BCUT2D eigenvalue weighted by atomic mass is 15.1. The molecule has 0 amide bonds. The molecule has 9 aromatic carbocycles. The van der Waals surface area contributed by atoms with E-state index in [1.807, 2.05) is 0 Å². The molecule has 0 saturated heterocycles. The maximum Gasteiger partial charge on any atom is 0.0541 e. The average Bonchev–Trinajstić information content (AvgIpc) is 3.57. The third-order valence-electron chi connectivity index (χ3n) is 10.9. The van der Waals surface area contributed by atoms with Crippen molar-refractivity contribution in [3.05, 3.63) is 218 Å². The lowest BCUT2D eigenvalue weighted by atomic mass is 10.0. The van der Waals surface area contributed by atoms with E-state index in [1.54, 1.807) is 0 Å². The zero-order chi connectivity index (χ0) is 36.7. The Morgan fingerprint density at radius 1 is 0.327 bits per heavy atom. The molecule has 10 aromatic rings. The molecule has 0 fully saturated rings. The summed E-state index contributed by atoms with van der Waals surface area (Å²) in [5.41, 5.74) is 15.4. The van der Waals surface area contributed by atoms with Gasteiger partial charge in [-0.05, 0) is 112 Å². The van der Waals surface area contributed by atoms with Crippen LogP contribution in [0.5, 0.6) is 0 Å². The Balaban J connectivity index is 1.05. The second-order valence-electron chi connectivity index (χ2n) is 14.3. The summed E-state index contributed by atoms with van der Waals surface area (Å²) in [5, 5.41) is 5.02. The van der Waals surface area contributed by atoms with E-state index in [1.165, 1.54) is 77.2 Å². The van der Waals surface area contributed by atoms with Crippen LogP contribution in [0.4, 0.5) is 17.1 Å². The van der Waals surface area contributed by atoms with Crippen molar-refractivity contribution < 1.29 is 0 Å². The molecule has 0 aliphatic rings. The van der Waals surface area contributed by atoms with E-state index in [-0.39, 0.29) is 0 Å². The second-order valence-corrected chi connectivity index (χ2v) is 14.3. The molecule has 55 heavy (non-hydrogen) atoms. The summed E-state index contributed by atoms with van der Waals surface area (Å²) >= 11 is 0. The first-order chi connectivity index (χ1) is 27.2. The average molecular weight is 703 g/mol. The van der Waals surface area contributed by atoms with E-state index in [4.69, 9.17) is 0 Å². The number of aryl methyl sites for hydroxylation is 1. The molecule has 0 bridgehead atoms. The van der Waals surface area contributed by atoms with Gasteiger partial charge in [-0.25, -0.2) is 0 Å². The first kappa shape index (κ1) is 32.5. The molecule has 0 saturated carbocycles. The SMILES string of the molecule is Cc1ccc2c(c1)c1cc(-c3ccc(N(c4ccc(-c5ccccc5)cc4)c4ccc(-c5ccccc5)cc4)cc3)ccc1n2-c1cccc2ccccc12. The van der Waals surface area contributed by atoms with E-state index in [9.17, 15) is 0 Å². The molecular formula is C53H38N2. The lowest BCUT2D eigenvalue weighted by Gasteiger charge is -2.26. The highest BCUT2D eigenvalue weighted by Gasteiger charge is 2.17. The molecule has 2 heteroatoms. The molecule has 2 nitrogen and oxygen atoms in total. The number of aromatic nitrogens is 1. The van der Waals surface area contributed by atoms with Crippen molar-refractivity contribution in [1.82, 2.24) is 4.57 Å². The third kappa shape index (κ3) is 5.95. The number of hydrogen-bond donors (Lipinski definition) is 0. The number of nitrogens with zero attached hydrogens (tertiary/aromatic N) is 2. The summed E-state index contributed by atoms with van der Waals surface area (Å²) in [6.07, 6.45) is 0. The molecule has 0 N–H and O–H groups in total. The van der Waals surface area contributed by atoms with Gasteiger partial charge in [0.1, 0.15) is 0 Å². The topological polar surface area (TPSA) is 8.17 Å². The van der Waals surface area contributed by atoms with Crippen LogP contribution in [0.1, 0.15) is 5.56 Å². The Bertz CT molecular complexity index is 2850. The fraction of sp³-hybridized carbons (Fsp3) is 0.0189. The minimum Gasteiger partial charge on any atom is -0.311 e. The van der Waals surface area contributed by atoms with E-state index in [2.05, 4.69) is 229 Å². The Hall–Kier alpha value is -7.16. The van der Waals surface area contributed by atoms with Crippen LogP contribution in [0.3, 0.4) is 0 Å². The highest BCUT2D eigenvalue weighted by molar-refractivity contribution is 6.12. The molecular weight excluding hydrogens is 665 g/mol. The van der Waals surface area contributed by atoms with Crippen molar-refractivity contribution in [2.24, 2.45) is 0 Å². The van der Waals surface area contributed by atoms with Gasteiger partial charge in [-0.3, -0.25) is 0 Å². The molecule has 0 aliphatic carbocycles. The van der Waals surface area contributed by atoms with Crippen LogP contribution in [0, 0.1) is 6.92 Å². The van der Waals surface area contributed by atoms with Gasteiger partial charge in [0.05, 0.1) is 16.7 Å². The summed E-state index contributed by atoms with van der Waals surface area (Å²) in [5.74, 6) is 0. The summed E-state index contributed by atoms with van der Waals surface area (Å²) in [4.78, 5) is 2.34. The zero-order valence-corrected chi connectivity index (χ0v) is 30.6. The van der Waals surface area contributed by atoms with Crippen LogP contribution in [0.2, 0.25) is 0 Å². The molecule has 0 unspecified atom stereocenters. The van der Waals surface area contributed by atoms with Crippen LogP contribution in [0.25, 0.3) is 71.6 Å². The fourth-order valence-corrected chi connectivity index (χ4v) is 8.10. The van der Waals surface area contributed by atoms with Gasteiger partial charge in [-0.1, -0.05) is 151 Å². The van der Waals surface area contributed by atoms with Crippen molar-refractivity contribution in [2.75, 3.05) is 4.90 Å². The normalized spacial score (nSPS) is 11.4. The maximum atomic E-state index is 2.43. The van der Waals surface area contributed by atoms with Gasteiger partial charge in [-0.2, -0.15) is 0 Å². The van der Waals surface area contributed by atoms with Gasteiger partial charge in [0.25, 0.3) is 0 Å². The van der Waals surface area contributed by atoms with Gasteiger partial charge in [0.15, 0.2) is 0 Å². The lowest BCUT2D eigenvalue weighted by molar-refractivity contribution is 1.20. The largest absolute Gasteiger partial charge is 0.311 e. The lowest BCUT2D eigenvalue weighted by Crippen LogP contribution is -2.09. The van der Waals surface area contributed by atoms with E-state index >= 15 is 0 Å². The molecule has 0 atom stereocenters. The molecule has 0 spiro atoms. The zero-order valence-electron chi connectivity index (χ0n) is 30.6. The van der Waals surface area contributed by atoms with Gasteiger partial charge >= 0.3 is 0 Å². The van der Waals surface area contributed by atoms with E-state index in [0.717, 1.165) is 17.1 Å². The monoisotopic (exact) mass is 702 g/mol. The molecule has 0 radical (unpaired) electrons. The Labute approximate surface area is 321 Å². The first-order valence-electron chi connectivity index (χ1n) is 18.9. The second kappa shape index (κ2) is 13.7. The number of benzene rings is 9. The summed E-state index contributed by atoms with van der Waals surface area (Å²) in [6.45, 7) is 2.18. The van der Waals surface area contributed by atoms with Gasteiger partial charge in [-0.15, -0.1) is 0 Å². The predicted molar refractivity (Wildman–Crippen MR) is 234 cm³/mol. The minimum atomic E-state index is 1.10. The Morgan fingerprint density at radius 2 is 0.764 bits per heavy atom. The van der Waals surface area contributed by atoms with Gasteiger partial charge in [0.2, 0.25) is 0 Å². The standard InChI is InChI=1S/C53H38N2/c1-37-19-33-52-49(35-37)50-36-44(26-34-53(50)55(52)51-18-10-16-43-15-8-9-17-48(43)51)42-24-31-47(32-25-42)54(45-27-20-40(21-28-45)38-11-4-2-5-12-38)46-29-22-41(23-30-46)39-13-6-3-7-14-39/h2-36H,1H3. The molecule has 1 aromatic heterocycles. The van der Waals surface area contributed by atoms with Crippen LogP contribution >= 0.6 is 0 Å². The number of hydrogen-bond acceptors (Lipinski definition) is 1. The van der Waals surface area contributed by atoms with Crippen molar-refractivity contribution in [3.63, 3.8) is 0 Å². The summed E-state index contributed by atoms with van der Waals surface area (Å²) < 4.78 is 2.43. The van der Waals surface area contributed by atoms with Crippen molar-refractivity contribution >= 4 is 49.6 Å². The predicted octanol–water partition coefficient (Wildman–Crippen LogP) is 14.7. The van der Waals surface area contributed by atoms with Gasteiger partial charge in [0, 0.05) is 33.2 Å². The van der Waals surface area contributed by atoms with E-state index < -0.39 is 0 Å². The van der Waals surface area contributed by atoms with Gasteiger partial charge < -0.3 is 9.47 Å². The smallest absolute Gasteiger partial charge is 0.0541 e. The summed E-state index contributed by atoms with van der Waals surface area (Å²) in [6, 6.07) is 76.9. The van der Waals surface area contributed by atoms with Crippen LogP contribution in [0.15, 0.2) is 212 Å². The van der Waals surface area contributed by atoms with Crippen LogP contribution in [-0.2, 0) is 0 Å². The van der Waals surface area contributed by atoms with Crippen LogP contribution < -0.4 is 4.90 Å². The molecule has 0 aliphatic heterocycles. The van der Waals surface area contributed by atoms with Crippen molar-refractivity contribution in [3.8, 4) is 39.1 Å². The molecule has 1 heterocycles. The Morgan fingerprint density at radius 3 is 1.35 bits per heavy atom. The summed E-state index contributed by atoms with van der Waals surface area (Å²) in [7, 11) is 0. The van der Waals surface area contributed by atoms with E-state index in [0.29, 0.717) is 0 Å². The molecule has 10 rings (SSSR count). The number of rotatable bonds is 7. The quantitative estimate of drug-likeness (QED) is 0.160. The first-order valence-corrected chi connectivity index (χ1v) is 18.9. The minimum absolute atomic E-state index is 1.10. The Kier molecular flexibility index (Phi) is 8.08. The fourth-order valence-electron chi connectivity index (χ4n) is 8.10. The maximum absolute atomic E-state index is 2.43. The highest BCUT2D eigenvalue weighted by Crippen LogP contribution is 2.40. The van der Waals surface area contributed by atoms with Crippen LogP contribution in [-0.4, -0.2) is 4.57 Å². The number of fused-ring (bicyclic) bond motifs is 4. The number of anilines is 3. The molecule has 260 valence electrons.